The fourth-order valence-corrected chi connectivity index (χ4v) is 2.38. The van der Waals surface area contributed by atoms with Gasteiger partial charge in [-0.25, -0.2) is 0 Å². The molecule has 3 heteroatoms. The molecular formula is C18H23NO2. The van der Waals surface area contributed by atoms with Crippen LogP contribution in [0.1, 0.15) is 24.1 Å². The summed E-state index contributed by atoms with van der Waals surface area (Å²) in [6, 6.07) is 16.3. The fraction of sp³-hybridized carbons (Fsp3) is 0.333. The van der Waals surface area contributed by atoms with Crippen LogP contribution in [0.25, 0.3) is 0 Å². The van der Waals surface area contributed by atoms with Crippen LogP contribution in [0, 0.1) is 6.92 Å². The maximum Gasteiger partial charge on any atom is 0.119 e. The third-order valence-electron chi connectivity index (χ3n) is 3.60. The van der Waals surface area contributed by atoms with Crippen molar-refractivity contribution in [1.82, 2.24) is 5.32 Å². The van der Waals surface area contributed by atoms with Crippen molar-refractivity contribution in [2.45, 2.75) is 26.0 Å². The molecule has 3 nitrogen and oxygen atoms in total. The topological polar surface area (TPSA) is 30.5 Å². The zero-order chi connectivity index (χ0) is 15.2. The zero-order valence-electron chi connectivity index (χ0n) is 13.1. The number of methoxy groups -OCH3 is 1. The van der Waals surface area contributed by atoms with E-state index in [2.05, 4.69) is 43.4 Å². The SMILES string of the molecule is CNC(c1ccc(OC)cc1)C(C)Oc1ccc(C)cc1. The summed E-state index contributed by atoms with van der Waals surface area (Å²) in [6.07, 6.45) is 0.0195. The van der Waals surface area contributed by atoms with E-state index in [0.717, 1.165) is 11.5 Å². The number of nitrogens with one attached hydrogen (secondary N) is 1. The summed E-state index contributed by atoms with van der Waals surface area (Å²) in [7, 11) is 3.62. The summed E-state index contributed by atoms with van der Waals surface area (Å²) in [5, 5.41) is 3.32. The van der Waals surface area contributed by atoms with E-state index in [0.29, 0.717) is 0 Å². The van der Waals surface area contributed by atoms with Crippen LogP contribution in [-0.2, 0) is 0 Å². The largest absolute Gasteiger partial charge is 0.497 e. The molecule has 0 saturated carbocycles. The van der Waals surface area contributed by atoms with Gasteiger partial charge in [0, 0.05) is 0 Å². The van der Waals surface area contributed by atoms with E-state index in [4.69, 9.17) is 9.47 Å². The summed E-state index contributed by atoms with van der Waals surface area (Å²) < 4.78 is 11.2. The van der Waals surface area contributed by atoms with Crippen molar-refractivity contribution < 1.29 is 9.47 Å². The van der Waals surface area contributed by atoms with Crippen molar-refractivity contribution in [1.29, 1.82) is 0 Å². The number of rotatable bonds is 6. The van der Waals surface area contributed by atoms with Gasteiger partial charge in [-0.3, -0.25) is 0 Å². The maximum atomic E-state index is 6.04. The first kappa shape index (κ1) is 15.4. The monoisotopic (exact) mass is 285 g/mol. The van der Waals surface area contributed by atoms with Crippen LogP contribution in [0.5, 0.6) is 11.5 Å². The van der Waals surface area contributed by atoms with Crippen LogP contribution < -0.4 is 14.8 Å². The third kappa shape index (κ3) is 3.99. The van der Waals surface area contributed by atoms with Crippen molar-refractivity contribution >= 4 is 0 Å². The van der Waals surface area contributed by atoms with Gasteiger partial charge in [0.1, 0.15) is 17.6 Å². The van der Waals surface area contributed by atoms with Crippen molar-refractivity contribution in [3.8, 4) is 11.5 Å². The number of benzene rings is 2. The molecule has 2 atom stereocenters. The first-order valence-electron chi connectivity index (χ1n) is 7.18. The van der Waals surface area contributed by atoms with Crippen LogP contribution in [0.3, 0.4) is 0 Å². The Morgan fingerprint density at radius 1 is 0.905 bits per heavy atom. The van der Waals surface area contributed by atoms with Gasteiger partial charge in [0.2, 0.25) is 0 Å². The maximum absolute atomic E-state index is 6.04. The van der Waals surface area contributed by atoms with E-state index in [1.807, 2.05) is 31.3 Å². The van der Waals surface area contributed by atoms with E-state index in [9.17, 15) is 0 Å². The predicted molar refractivity (Wildman–Crippen MR) is 86.1 cm³/mol. The third-order valence-corrected chi connectivity index (χ3v) is 3.60. The first-order valence-corrected chi connectivity index (χ1v) is 7.18. The summed E-state index contributed by atoms with van der Waals surface area (Å²) >= 11 is 0. The summed E-state index contributed by atoms with van der Waals surface area (Å²) in [5.41, 5.74) is 2.41. The van der Waals surface area contributed by atoms with Crippen molar-refractivity contribution in [2.24, 2.45) is 0 Å². The molecule has 112 valence electrons. The Morgan fingerprint density at radius 3 is 2.00 bits per heavy atom. The highest BCUT2D eigenvalue weighted by Crippen LogP contribution is 2.23. The second kappa shape index (κ2) is 7.14. The molecule has 0 aliphatic heterocycles. The first-order chi connectivity index (χ1) is 10.1. The van der Waals surface area contributed by atoms with Gasteiger partial charge in [-0.05, 0) is 50.7 Å². The van der Waals surface area contributed by atoms with Crippen molar-refractivity contribution in [3.63, 3.8) is 0 Å². The molecule has 1 N–H and O–H groups in total. The molecule has 2 unspecified atom stereocenters. The molecule has 0 bridgehead atoms. The fourth-order valence-electron chi connectivity index (χ4n) is 2.38. The van der Waals surface area contributed by atoms with Crippen LogP contribution in [0.4, 0.5) is 0 Å². The number of ether oxygens (including phenoxy) is 2. The lowest BCUT2D eigenvalue weighted by Gasteiger charge is -2.25. The van der Waals surface area contributed by atoms with E-state index >= 15 is 0 Å². The number of likely N-dealkylation sites (N-methyl/N-ethyl adjacent to an activating group) is 1. The minimum absolute atomic E-state index is 0.0195. The molecule has 0 saturated heterocycles. The molecule has 0 fully saturated rings. The Bertz CT molecular complexity index is 548. The molecule has 2 aromatic carbocycles. The van der Waals surface area contributed by atoms with E-state index in [1.54, 1.807) is 7.11 Å². The second-order valence-corrected chi connectivity index (χ2v) is 5.18. The Balaban J connectivity index is 2.09. The average Bonchev–Trinajstić information content (AvgIpc) is 2.51. The van der Waals surface area contributed by atoms with Gasteiger partial charge in [0.25, 0.3) is 0 Å². The molecule has 0 amide bonds. The van der Waals surface area contributed by atoms with Crippen LogP contribution in [-0.4, -0.2) is 20.3 Å². The lowest BCUT2D eigenvalue weighted by molar-refractivity contribution is 0.175. The van der Waals surface area contributed by atoms with Gasteiger partial charge in [0.15, 0.2) is 0 Å². The summed E-state index contributed by atoms with van der Waals surface area (Å²) in [6.45, 7) is 4.15. The van der Waals surface area contributed by atoms with Crippen LogP contribution >= 0.6 is 0 Å². The van der Waals surface area contributed by atoms with E-state index < -0.39 is 0 Å². The standard InChI is InChI=1S/C18H23NO2/c1-13-5-9-17(10-6-13)21-14(2)18(19-3)15-7-11-16(20-4)12-8-15/h5-12,14,18-19H,1-4H3. The summed E-state index contributed by atoms with van der Waals surface area (Å²) in [5.74, 6) is 1.75. The van der Waals surface area contributed by atoms with Gasteiger partial charge in [-0.15, -0.1) is 0 Å². The van der Waals surface area contributed by atoms with Crippen LogP contribution in [0.2, 0.25) is 0 Å². The van der Waals surface area contributed by atoms with Gasteiger partial charge >= 0.3 is 0 Å². The lowest BCUT2D eigenvalue weighted by atomic mass is 10.0. The van der Waals surface area contributed by atoms with Crippen molar-refractivity contribution in [3.05, 3.63) is 59.7 Å². The second-order valence-electron chi connectivity index (χ2n) is 5.18. The Kier molecular flexibility index (Phi) is 5.23. The minimum Gasteiger partial charge on any atom is -0.497 e. The molecule has 0 radical (unpaired) electrons. The van der Waals surface area contributed by atoms with Gasteiger partial charge < -0.3 is 14.8 Å². The van der Waals surface area contributed by atoms with E-state index in [1.165, 1.54) is 11.1 Å². The molecule has 0 heterocycles. The smallest absolute Gasteiger partial charge is 0.119 e. The Morgan fingerprint density at radius 2 is 1.48 bits per heavy atom. The number of hydrogen-bond acceptors (Lipinski definition) is 3. The molecule has 2 rings (SSSR count). The number of aryl methyl sites for hydroxylation is 1. The highest BCUT2D eigenvalue weighted by Gasteiger charge is 2.19. The summed E-state index contributed by atoms with van der Waals surface area (Å²) in [4.78, 5) is 0. The van der Waals surface area contributed by atoms with Gasteiger partial charge in [-0.1, -0.05) is 29.8 Å². The molecule has 0 aromatic heterocycles. The number of hydrogen-bond donors (Lipinski definition) is 1. The molecule has 0 aliphatic rings. The predicted octanol–water partition coefficient (Wildman–Crippen LogP) is 3.73. The molecule has 0 aliphatic carbocycles. The average molecular weight is 285 g/mol. The normalized spacial score (nSPS) is 13.5. The molecule has 0 spiro atoms. The Hall–Kier alpha value is -2.00. The van der Waals surface area contributed by atoms with E-state index in [-0.39, 0.29) is 12.1 Å². The Labute approximate surface area is 126 Å². The molecule has 21 heavy (non-hydrogen) atoms. The zero-order valence-corrected chi connectivity index (χ0v) is 13.1. The van der Waals surface area contributed by atoms with Gasteiger partial charge in [0.05, 0.1) is 13.2 Å². The highest BCUT2D eigenvalue weighted by atomic mass is 16.5. The van der Waals surface area contributed by atoms with Crippen LogP contribution in [0.15, 0.2) is 48.5 Å². The van der Waals surface area contributed by atoms with Crippen molar-refractivity contribution in [2.75, 3.05) is 14.2 Å². The lowest BCUT2D eigenvalue weighted by Crippen LogP contribution is -2.31. The van der Waals surface area contributed by atoms with Gasteiger partial charge in [-0.2, -0.15) is 0 Å². The molecule has 2 aromatic rings. The highest BCUT2D eigenvalue weighted by molar-refractivity contribution is 5.30. The quantitative estimate of drug-likeness (QED) is 0.877. The molecular weight excluding hydrogens is 262 g/mol. The minimum atomic E-state index is 0.0195.